The minimum Gasteiger partial charge on any atom is -0.339 e. The van der Waals surface area contributed by atoms with Crippen molar-refractivity contribution in [2.45, 2.75) is 31.8 Å². The molecule has 33 heavy (non-hydrogen) atoms. The van der Waals surface area contributed by atoms with E-state index in [1.807, 2.05) is 56.3 Å². The van der Waals surface area contributed by atoms with Crippen LogP contribution < -0.4 is 0 Å². The molecule has 3 aliphatic rings. The summed E-state index contributed by atoms with van der Waals surface area (Å²) in [7, 11) is 1.48. The van der Waals surface area contributed by atoms with E-state index in [4.69, 9.17) is 0 Å². The Morgan fingerprint density at radius 3 is 2.30 bits per heavy atom. The molecular formula is C26H27N3O4. The average Bonchev–Trinajstić information content (AvgIpc) is 3.19. The Hall–Kier alpha value is -3.48. The molecule has 0 spiro atoms. The van der Waals surface area contributed by atoms with Crippen LogP contribution in [0.15, 0.2) is 54.6 Å². The predicted molar refractivity (Wildman–Crippen MR) is 121 cm³/mol. The van der Waals surface area contributed by atoms with Gasteiger partial charge in [0.05, 0.1) is 17.9 Å². The molecule has 3 aliphatic heterocycles. The average molecular weight is 446 g/mol. The molecule has 3 saturated heterocycles. The Balaban J connectivity index is 1.72. The summed E-state index contributed by atoms with van der Waals surface area (Å²) in [5, 5.41) is 0. The molecule has 3 unspecified atom stereocenters. The normalized spacial score (nSPS) is 28.5. The van der Waals surface area contributed by atoms with Gasteiger partial charge in [-0.25, -0.2) is 0 Å². The lowest BCUT2D eigenvalue weighted by molar-refractivity contribution is -0.155. The van der Waals surface area contributed by atoms with Crippen LogP contribution in [0, 0.1) is 18.8 Å². The maximum atomic E-state index is 14.1. The van der Waals surface area contributed by atoms with Crippen LogP contribution in [0.5, 0.6) is 0 Å². The largest absolute Gasteiger partial charge is 0.339 e. The lowest BCUT2D eigenvalue weighted by Gasteiger charge is -2.49. The van der Waals surface area contributed by atoms with Gasteiger partial charge in [0.15, 0.2) is 0 Å². The molecule has 0 aromatic heterocycles. The highest BCUT2D eigenvalue weighted by molar-refractivity contribution is 6.13. The van der Waals surface area contributed by atoms with Gasteiger partial charge in [0.1, 0.15) is 5.54 Å². The molecular weight excluding hydrogens is 418 g/mol. The lowest BCUT2D eigenvalue weighted by Crippen LogP contribution is -2.70. The third kappa shape index (κ3) is 2.88. The van der Waals surface area contributed by atoms with E-state index in [0.29, 0.717) is 12.1 Å². The van der Waals surface area contributed by atoms with E-state index in [9.17, 15) is 19.2 Å². The number of rotatable bonds is 4. The number of nitrogens with zero attached hydrogens (tertiary/aromatic N) is 3. The standard InChI is InChI=1S/C26H27N3O4/c1-4-28-15-19-20-21(24(32)27(3)23(20)31)26(25(28)33,14-17-8-6-5-7-9-17)29(19)22(30)18-12-10-16(2)11-13-18/h5-13,19-21H,4,14-15H2,1-3H3/t19?,20?,21?,26-/m1/s1. The first-order chi connectivity index (χ1) is 15.8. The number of hydrogen-bond acceptors (Lipinski definition) is 4. The molecule has 2 aromatic carbocycles. The van der Waals surface area contributed by atoms with Gasteiger partial charge < -0.3 is 9.80 Å². The third-order valence-electron chi connectivity index (χ3n) is 7.54. The number of piperazine rings is 1. The number of likely N-dealkylation sites (tertiary alicyclic amines) is 2. The van der Waals surface area contributed by atoms with Crippen molar-refractivity contribution in [1.29, 1.82) is 0 Å². The van der Waals surface area contributed by atoms with E-state index >= 15 is 0 Å². The van der Waals surface area contributed by atoms with Gasteiger partial charge in [0.2, 0.25) is 17.7 Å². The Morgan fingerprint density at radius 1 is 1.00 bits per heavy atom. The minimum absolute atomic E-state index is 0.186. The van der Waals surface area contributed by atoms with Crippen LogP contribution in [0.4, 0.5) is 0 Å². The van der Waals surface area contributed by atoms with E-state index in [0.717, 1.165) is 16.0 Å². The Kier molecular flexibility index (Phi) is 4.88. The summed E-state index contributed by atoms with van der Waals surface area (Å²) in [6.07, 6.45) is 0.186. The monoisotopic (exact) mass is 445 g/mol. The highest BCUT2D eigenvalue weighted by atomic mass is 16.2. The van der Waals surface area contributed by atoms with Crippen molar-refractivity contribution >= 4 is 23.6 Å². The summed E-state index contributed by atoms with van der Waals surface area (Å²) in [4.78, 5) is 59.1. The summed E-state index contributed by atoms with van der Waals surface area (Å²) < 4.78 is 0. The van der Waals surface area contributed by atoms with Crippen LogP contribution in [0.1, 0.15) is 28.4 Å². The smallest absolute Gasteiger partial charge is 0.255 e. The zero-order chi connectivity index (χ0) is 23.5. The summed E-state index contributed by atoms with van der Waals surface area (Å²) in [5.74, 6) is -2.86. The second-order valence-corrected chi connectivity index (χ2v) is 9.28. The van der Waals surface area contributed by atoms with E-state index < -0.39 is 23.4 Å². The second-order valence-electron chi connectivity index (χ2n) is 9.28. The number of amides is 4. The fraction of sp³-hybridized carbons (Fsp3) is 0.385. The Morgan fingerprint density at radius 2 is 1.67 bits per heavy atom. The quantitative estimate of drug-likeness (QED) is 0.674. The Bertz CT molecular complexity index is 1150. The van der Waals surface area contributed by atoms with Crippen molar-refractivity contribution < 1.29 is 19.2 Å². The topological polar surface area (TPSA) is 78.0 Å². The van der Waals surface area contributed by atoms with Crippen molar-refractivity contribution in [3.63, 3.8) is 0 Å². The molecule has 0 N–H and O–H groups in total. The van der Waals surface area contributed by atoms with Crippen molar-refractivity contribution in [2.24, 2.45) is 11.8 Å². The van der Waals surface area contributed by atoms with E-state index in [-0.39, 0.29) is 36.6 Å². The highest BCUT2D eigenvalue weighted by Crippen LogP contribution is 2.53. The van der Waals surface area contributed by atoms with E-state index in [1.54, 1.807) is 21.9 Å². The van der Waals surface area contributed by atoms with Crippen molar-refractivity contribution in [1.82, 2.24) is 14.7 Å². The second kappa shape index (κ2) is 7.54. The molecule has 5 rings (SSSR count). The molecule has 7 nitrogen and oxygen atoms in total. The van der Waals surface area contributed by atoms with Gasteiger partial charge in [-0.05, 0) is 31.5 Å². The maximum absolute atomic E-state index is 14.1. The van der Waals surface area contributed by atoms with Crippen molar-refractivity contribution in [3.05, 3.63) is 71.3 Å². The fourth-order valence-electron chi connectivity index (χ4n) is 5.96. The van der Waals surface area contributed by atoms with Crippen molar-refractivity contribution in [3.8, 4) is 0 Å². The first kappa shape index (κ1) is 21.4. The van der Waals surface area contributed by atoms with E-state index in [1.165, 1.54) is 7.05 Å². The zero-order valence-electron chi connectivity index (χ0n) is 19.0. The number of imide groups is 1. The van der Waals surface area contributed by atoms with Gasteiger partial charge >= 0.3 is 0 Å². The van der Waals surface area contributed by atoms with Crippen LogP contribution in [0.2, 0.25) is 0 Å². The molecule has 0 radical (unpaired) electrons. The highest BCUT2D eigenvalue weighted by Gasteiger charge is 2.74. The van der Waals surface area contributed by atoms with Crippen LogP contribution in [-0.2, 0) is 20.8 Å². The number of aryl methyl sites for hydroxylation is 1. The number of carbonyl (C=O) groups is 4. The lowest BCUT2D eigenvalue weighted by atomic mass is 9.75. The third-order valence-corrected chi connectivity index (χ3v) is 7.54. The van der Waals surface area contributed by atoms with Gasteiger partial charge in [-0.1, -0.05) is 48.0 Å². The van der Waals surface area contributed by atoms with E-state index in [2.05, 4.69) is 0 Å². The molecule has 3 heterocycles. The summed E-state index contributed by atoms with van der Waals surface area (Å²) in [6, 6.07) is 16.1. The van der Waals surface area contributed by atoms with Crippen LogP contribution in [-0.4, -0.2) is 70.0 Å². The zero-order valence-corrected chi connectivity index (χ0v) is 19.0. The molecule has 170 valence electrons. The molecule has 4 atom stereocenters. The summed E-state index contributed by atoms with van der Waals surface area (Å²) in [6.45, 7) is 4.53. The van der Waals surface area contributed by atoms with Gasteiger partial charge in [-0.2, -0.15) is 0 Å². The molecule has 4 amide bonds. The molecule has 0 aliphatic carbocycles. The van der Waals surface area contributed by atoms with Crippen LogP contribution in [0.3, 0.4) is 0 Å². The van der Waals surface area contributed by atoms with Crippen LogP contribution in [0.25, 0.3) is 0 Å². The number of fused-ring (bicyclic) bond motifs is 5. The van der Waals surface area contributed by atoms with Crippen molar-refractivity contribution in [2.75, 3.05) is 20.1 Å². The first-order valence-electron chi connectivity index (χ1n) is 11.4. The predicted octanol–water partition coefficient (Wildman–Crippen LogP) is 1.89. The first-order valence-corrected chi connectivity index (χ1v) is 11.4. The van der Waals surface area contributed by atoms with Gasteiger partial charge in [0, 0.05) is 32.1 Å². The van der Waals surface area contributed by atoms with Crippen LogP contribution >= 0.6 is 0 Å². The number of hydrogen-bond donors (Lipinski definition) is 0. The minimum atomic E-state index is -1.44. The molecule has 7 heteroatoms. The maximum Gasteiger partial charge on any atom is 0.255 e. The molecule has 0 saturated carbocycles. The summed E-state index contributed by atoms with van der Waals surface area (Å²) >= 11 is 0. The number of likely N-dealkylation sites (N-methyl/N-ethyl adjacent to an activating group) is 1. The summed E-state index contributed by atoms with van der Waals surface area (Å²) in [5.41, 5.74) is 0.878. The molecule has 2 bridgehead atoms. The Labute approximate surface area is 193 Å². The number of benzene rings is 2. The fourth-order valence-corrected chi connectivity index (χ4v) is 5.96. The molecule has 2 aromatic rings. The number of carbonyl (C=O) groups excluding carboxylic acids is 4. The SMILES string of the molecule is CCN1CC2C3C(=O)N(C)C(=O)C3[C@](Cc3ccccc3)(C1=O)N2C(=O)c1ccc(C)cc1. The molecule has 3 fully saturated rings. The van der Waals surface area contributed by atoms with Gasteiger partial charge in [-0.3, -0.25) is 24.1 Å². The van der Waals surface area contributed by atoms with Gasteiger partial charge in [0.25, 0.3) is 5.91 Å². The van der Waals surface area contributed by atoms with Gasteiger partial charge in [-0.15, -0.1) is 0 Å².